The predicted molar refractivity (Wildman–Crippen MR) is 149 cm³/mol. The summed E-state index contributed by atoms with van der Waals surface area (Å²) in [5, 5.41) is 0. The first-order chi connectivity index (χ1) is 17.6. The highest BCUT2D eigenvalue weighted by Gasteiger charge is 2.31. The first-order valence-electron chi connectivity index (χ1n) is 11.5. The van der Waals surface area contributed by atoms with Crippen LogP contribution in [0.5, 0.6) is 17.2 Å². The summed E-state index contributed by atoms with van der Waals surface area (Å²) in [4.78, 5) is 15.1. The molecule has 1 fully saturated rings. The van der Waals surface area contributed by atoms with Crippen LogP contribution in [0, 0.1) is 0 Å². The van der Waals surface area contributed by atoms with Crippen LogP contribution in [0.15, 0.2) is 90.4 Å². The Hall–Kier alpha value is -3.55. The maximum atomic E-state index is 12.9. The zero-order chi connectivity index (χ0) is 25.3. The van der Waals surface area contributed by atoms with Crippen molar-refractivity contribution in [3.63, 3.8) is 0 Å². The molecular weight excluding hydrogens is 490 g/mol. The van der Waals surface area contributed by atoms with Crippen LogP contribution in [0.2, 0.25) is 0 Å². The molecule has 0 bridgehead atoms. The zero-order valence-electron chi connectivity index (χ0n) is 20.0. The van der Waals surface area contributed by atoms with E-state index in [-0.39, 0.29) is 5.91 Å². The molecule has 0 atom stereocenters. The molecule has 4 rings (SSSR count). The van der Waals surface area contributed by atoms with E-state index in [0.717, 1.165) is 28.9 Å². The van der Waals surface area contributed by atoms with E-state index in [9.17, 15) is 4.79 Å². The fourth-order valence-electron chi connectivity index (χ4n) is 3.65. The van der Waals surface area contributed by atoms with Gasteiger partial charge >= 0.3 is 0 Å². The van der Waals surface area contributed by atoms with Crippen LogP contribution in [0.4, 0.5) is 0 Å². The topological polar surface area (TPSA) is 48.0 Å². The summed E-state index contributed by atoms with van der Waals surface area (Å²) in [5.41, 5.74) is 3.07. The van der Waals surface area contributed by atoms with Crippen molar-refractivity contribution in [2.24, 2.45) is 0 Å². The lowest BCUT2D eigenvalue weighted by Crippen LogP contribution is -2.27. The largest absolute Gasteiger partial charge is 0.493 e. The molecule has 0 saturated carbocycles. The maximum absolute atomic E-state index is 12.9. The molecule has 7 heteroatoms. The van der Waals surface area contributed by atoms with Crippen molar-refractivity contribution in [2.45, 2.75) is 13.0 Å². The summed E-state index contributed by atoms with van der Waals surface area (Å²) in [6, 6.07) is 23.3. The van der Waals surface area contributed by atoms with Gasteiger partial charge in [-0.2, -0.15) is 0 Å². The molecule has 5 nitrogen and oxygen atoms in total. The van der Waals surface area contributed by atoms with Crippen LogP contribution >= 0.6 is 24.0 Å². The Morgan fingerprint density at radius 1 is 0.944 bits per heavy atom. The minimum absolute atomic E-state index is 0.0701. The number of thioether (sulfide) groups is 1. The lowest BCUT2D eigenvalue weighted by Gasteiger charge is -2.14. The number of rotatable bonds is 11. The standard InChI is InChI=1S/C29H27NO4S2/c1-3-7-21-12-15-25(26(18-21)32-2)34-17-16-33-24-13-10-22(11-14-24)19-27-28(31)30(29(35)36-27)20-23-8-5-4-6-9-23/h3-6,8-15,18-19H,1,7,16-17,20H2,2H3/b27-19-. The van der Waals surface area contributed by atoms with Gasteiger partial charge in [0.1, 0.15) is 23.3 Å². The number of hydrogen-bond donors (Lipinski definition) is 0. The monoisotopic (exact) mass is 517 g/mol. The van der Waals surface area contributed by atoms with E-state index >= 15 is 0 Å². The molecule has 1 heterocycles. The summed E-state index contributed by atoms with van der Waals surface area (Å²) in [5.74, 6) is 2.02. The number of carbonyl (C=O) groups is 1. The van der Waals surface area contributed by atoms with Crippen molar-refractivity contribution < 1.29 is 19.0 Å². The summed E-state index contributed by atoms with van der Waals surface area (Å²) < 4.78 is 17.6. The van der Waals surface area contributed by atoms with E-state index in [1.54, 1.807) is 12.0 Å². The first kappa shape index (κ1) is 25.5. The predicted octanol–water partition coefficient (Wildman–Crippen LogP) is 6.28. The van der Waals surface area contributed by atoms with Gasteiger partial charge in [0, 0.05) is 0 Å². The average molecular weight is 518 g/mol. The van der Waals surface area contributed by atoms with Crippen LogP contribution in [0.3, 0.4) is 0 Å². The lowest BCUT2D eigenvalue weighted by atomic mass is 10.1. The van der Waals surface area contributed by atoms with Crippen LogP contribution in [-0.4, -0.2) is 35.5 Å². The molecule has 3 aromatic carbocycles. The minimum atomic E-state index is -0.0701. The van der Waals surface area contributed by atoms with Gasteiger partial charge in [-0.05, 0) is 53.5 Å². The molecule has 0 aromatic heterocycles. The molecule has 1 saturated heterocycles. The third-order valence-electron chi connectivity index (χ3n) is 5.45. The van der Waals surface area contributed by atoms with E-state index < -0.39 is 0 Å². The SMILES string of the molecule is C=CCc1ccc(OCCOc2ccc(/C=C3\SC(=S)N(Cc4ccccc4)C3=O)cc2)c(OC)c1. The third kappa shape index (κ3) is 6.56. The highest BCUT2D eigenvalue weighted by molar-refractivity contribution is 8.26. The number of nitrogens with zero attached hydrogens (tertiary/aromatic N) is 1. The van der Waals surface area contributed by atoms with Gasteiger partial charge in [0.15, 0.2) is 11.5 Å². The van der Waals surface area contributed by atoms with Crippen molar-refractivity contribution in [1.82, 2.24) is 4.90 Å². The Bertz CT molecular complexity index is 1260. The summed E-state index contributed by atoms with van der Waals surface area (Å²) in [6.07, 6.45) is 4.49. The van der Waals surface area contributed by atoms with Gasteiger partial charge in [-0.3, -0.25) is 9.69 Å². The number of benzene rings is 3. The highest BCUT2D eigenvalue weighted by atomic mass is 32.2. The molecule has 1 aliphatic heterocycles. The molecule has 184 valence electrons. The van der Waals surface area contributed by atoms with E-state index in [1.165, 1.54) is 11.8 Å². The zero-order valence-corrected chi connectivity index (χ0v) is 21.6. The van der Waals surface area contributed by atoms with Gasteiger partial charge in [-0.25, -0.2) is 0 Å². The Kier molecular flexibility index (Phi) is 8.81. The lowest BCUT2D eigenvalue weighted by molar-refractivity contribution is -0.122. The minimum Gasteiger partial charge on any atom is -0.493 e. The van der Waals surface area contributed by atoms with Crippen molar-refractivity contribution in [2.75, 3.05) is 20.3 Å². The summed E-state index contributed by atoms with van der Waals surface area (Å²) in [7, 11) is 1.62. The van der Waals surface area contributed by atoms with Crippen molar-refractivity contribution in [3.8, 4) is 17.2 Å². The number of carbonyl (C=O) groups excluding carboxylic acids is 1. The second kappa shape index (κ2) is 12.4. The molecule has 0 N–H and O–H groups in total. The van der Waals surface area contributed by atoms with Crippen LogP contribution in [0.1, 0.15) is 16.7 Å². The van der Waals surface area contributed by atoms with Gasteiger partial charge in [0.2, 0.25) is 0 Å². The summed E-state index contributed by atoms with van der Waals surface area (Å²) in [6.45, 7) is 5.00. The normalized spacial score (nSPS) is 14.2. The van der Waals surface area contributed by atoms with Crippen LogP contribution < -0.4 is 14.2 Å². The van der Waals surface area contributed by atoms with Gasteiger partial charge in [-0.15, -0.1) is 6.58 Å². The Labute approximate surface area is 221 Å². The third-order valence-corrected chi connectivity index (χ3v) is 6.83. The molecule has 1 aliphatic rings. The number of allylic oxidation sites excluding steroid dienone is 1. The number of amides is 1. The fraction of sp³-hybridized carbons (Fsp3) is 0.172. The Morgan fingerprint density at radius 2 is 1.69 bits per heavy atom. The Morgan fingerprint density at radius 3 is 2.42 bits per heavy atom. The molecule has 0 unspecified atom stereocenters. The molecule has 0 aliphatic carbocycles. The molecule has 3 aromatic rings. The quantitative estimate of drug-likeness (QED) is 0.129. The first-order valence-corrected chi connectivity index (χ1v) is 12.7. The van der Waals surface area contributed by atoms with Gasteiger partial charge in [-0.1, -0.05) is 78.6 Å². The second-order valence-electron chi connectivity index (χ2n) is 8.00. The van der Waals surface area contributed by atoms with E-state index in [2.05, 4.69) is 6.58 Å². The van der Waals surface area contributed by atoms with Gasteiger partial charge < -0.3 is 14.2 Å². The highest BCUT2D eigenvalue weighted by Crippen LogP contribution is 2.34. The van der Waals surface area contributed by atoms with Crippen LogP contribution in [-0.2, 0) is 17.8 Å². The molecule has 1 amide bonds. The van der Waals surface area contributed by atoms with E-state index in [1.807, 2.05) is 84.9 Å². The number of hydrogen-bond acceptors (Lipinski definition) is 6. The number of ether oxygens (including phenoxy) is 3. The molecule has 0 radical (unpaired) electrons. The maximum Gasteiger partial charge on any atom is 0.266 e. The van der Waals surface area contributed by atoms with E-state index in [0.29, 0.717) is 40.5 Å². The molecule has 0 spiro atoms. The number of methoxy groups -OCH3 is 1. The van der Waals surface area contributed by atoms with E-state index in [4.69, 9.17) is 26.4 Å². The second-order valence-corrected chi connectivity index (χ2v) is 9.67. The smallest absolute Gasteiger partial charge is 0.266 e. The van der Waals surface area contributed by atoms with Gasteiger partial charge in [0.25, 0.3) is 5.91 Å². The van der Waals surface area contributed by atoms with Gasteiger partial charge in [0.05, 0.1) is 18.6 Å². The van der Waals surface area contributed by atoms with Crippen molar-refractivity contribution in [1.29, 1.82) is 0 Å². The van der Waals surface area contributed by atoms with Crippen LogP contribution in [0.25, 0.3) is 6.08 Å². The van der Waals surface area contributed by atoms with Crippen molar-refractivity contribution in [3.05, 3.63) is 107 Å². The number of thiocarbonyl (C=S) groups is 1. The fourth-order valence-corrected chi connectivity index (χ4v) is 4.91. The molecular formula is C29H27NO4S2. The Balaban J connectivity index is 1.29. The molecule has 36 heavy (non-hydrogen) atoms. The summed E-state index contributed by atoms with van der Waals surface area (Å²) >= 11 is 6.77. The average Bonchev–Trinajstić information content (AvgIpc) is 3.16. The van der Waals surface area contributed by atoms with Crippen molar-refractivity contribution >= 4 is 40.3 Å².